The summed E-state index contributed by atoms with van der Waals surface area (Å²) in [7, 11) is 0. The third-order valence-electron chi connectivity index (χ3n) is 0.912. The first-order chi connectivity index (χ1) is 3.89. The fourth-order valence-electron chi connectivity index (χ4n) is 0.187. The van der Waals surface area contributed by atoms with Crippen LogP contribution in [0, 0.1) is 6.29 Å². The first-order valence-corrected chi connectivity index (χ1v) is 2.27. The molecule has 0 spiro atoms. The molecule has 0 aliphatic heterocycles. The summed E-state index contributed by atoms with van der Waals surface area (Å²) in [5, 5.41) is 41.4. The van der Waals surface area contributed by atoms with Gasteiger partial charge in [-0.2, -0.15) is 0 Å². The summed E-state index contributed by atoms with van der Waals surface area (Å²) in [6.45, 7) is 1.01. The van der Waals surface area contributed by atoms with Gasteiger partial charge in [0.1, 0.15) is 6.10 Å². The van der Waals surface area contributed by atoms with E-state index in [9.17, 15) is 0 Å². The normalized spacial score (nSPS) is 16.3. The van der Waals surface area contributed by atoms with Gasteiger partial charge in [-0.15, -0.1) is 0 Å². The summed E-state index contributed by atoms with van der Waals surface area (Å²) in [5.74, 6) is -2.92. The zero-order valence-electron chi connectivity index (χ0n) is 4.81. The molecule has 5 heteroatoms. The quantitative estimate of drug-likeness (QED) is 0.291. The molecule has 0 aromatic carbocycles. The summed E-state index contributed by atoms with van der Waals surface area (Å²) in [6, 6.07) is 0. The lowest BCUT2D eigenvalue weighted by Gasteiger charge is -2.24. The average molecular weight is 137 g/mol. The maximum Gasteiger partial charge on any atom is 0.282 e. The lowest BCUT2D eigenvalue weighted by atomic mass is 10.1. The Morgan fingerprint density at radius 1 is 1.33 bits per heavy atom. The fraction of sp³-hybridized carbons (Fsp3) is 0.750. The van der Waals surface area contributed by atoms with Gasteiger partial charge in [-0.25, -0.2) is 0 Å². The maximum atomic E-state index is 8.44. The Morgan fingerprint density at radius 3 is 1.67 bits per heavy atom. The highest BCUT2D eigenvalue weighted by molar-refractivity contribution is 4.84. The highest BCUT2D eigenvalue weighted by Gasteiger charge is 2.38. The highest BCUT2D eigenvalue weighted by Crippen LogP contribution is 2.14. The Balaban J connectivity index is 4.01. The van der Waals surface area contributed by atoms with Crippen molar-refractivity contribution >= 4 is 0 Å². The van der Waals surface area contributed by atoms with Crippen LogP contribution in [0.25, 0.3) is 0 Å². The van der Waals surface area contributed by atoms with E-state index >= 15 is 0 Å². The summed E-state index contributed by atoms with van der Waals surface area (Å²) in [4.78, 5) is 0. The van der Waals surface area contributed by atoms with Crippen molar-refractivity contribution in [1.29, 1.82) is 0 Å². The van der Waals surface area contributed by atoms with E-state index in [0.717, 1.165) is 6.92 Å². The van der Waals surface area contributed by atoms with Gasteiger partial charge >= 0.3 is 0 Å². The number of aliphatic hydroxyl groups excluding tert-OH is 2. The standard InChI is InChI=1S/C4H9O5/c1-2(5)4(8,9)3(6)7/h2,5-9H,1H3. The number of hydrogen-bond donors (Lipinski definition) is 5. The van der Waals surface area contributed by atoms with Gasteiger partial charge in [0.2, 0.25) is 0 Å². The molecule has 0 fully saturated rings. The molecule has 5 N–H and O–H groups in total. The van der Waals surface area contributed by atoms with Crippen LogP contribution in [0.5, 0.6) is 0 Å². The molecular weight excluding hydrogens is 128 g/mol. The van der Waals surface area contributed by atoms with E-state index in [4.69, 9.17) is 25.5 Å². The van der Waals surface area contributed by atoms with Crippen molar-refractivity contribution in [3.63, 3.8) is 0 Å². The SMILES string of the molecule is CC(O)C(O)(O)[C](O)O. The molecule has 0 saturated carbocycles. The van der Waals surface area contributed by atoms with Crippen molar-refractivity contribution < 1.29 is 25.5 Å². The molecule has 0 heterocycles. The van der Waals surface area contributed by atoms with Gasteiger partial charge in [-0.05, 0) is 6.92 Å². The molecule has 55 valence electrons. The monoisotopic (exact) mass is 137 g/mol. The minimum absolute atomic E-state index is 1.01. The van der Waals surface area contributed by atoms with Gasteiger partial charge in [-0.3, -0.25) is 0 Å². The van der Waals surface area contributed by atoms with Gasteiger partial charge in [0.05, 0.1) is 0 Å². The van der Waals surface area contributed by atoms with E-state index in [1.165, 1.54) is 0 Å². The van der Waals surface area contributed by atoms with Crippen molar-refractivity contribution in [3.05, 3.63) is 6.29 Å². The fourth-order valence-corrected chi connectivity index (χ4v) is 0.187. The smallest absolute Gasteiger partial charge is 0.282 e. The van der Waals surface area contributed by atoms with Gasteiger partial charge in [-0.1, -0.05) is 0 Å². The molecule has 0 aliphatic rings. The topological polar surface area (TPSA) is 101 Å². The van der Waals surface area contributed by atoms with E-state index < -0.39 is 18.2 Å². The number of hydrogen-bond acceptors (Lipinski definition) is 5. The van der Waals surface area contributed by atoms with Crippen molar-refractivity contribution in [2.75, 3.05) is 0 Å². The van der Waals surface area contributed by atoms with Crippen LogP contribution in [0.4, 0.5) is 0 Å². The van der Waals surface area contributed by atoms with Gasteiger partial charge in [0, 0.05) is 0 Å². The number of rotatable bonds is 2. The molecule has 5 nitrogen and oxygen atoms in total. The minimum Gasteiger partial charge on any atom is -0.388 e. The molecule has 1 unspecified atom stereocenters. The molecule has 0 aromatic rings. The first kappa shape index (κ1) is 8.80. The minimum atomic E-state index is -2.92. The van der Waals surface area contributed by atoms with Gasteiger partial charge < -0.3 is 25.5 Å². The average Bonchev–Trinajstić information content (AvgIpc) is 1.65. The van der Waals surface area contributed by atoms with Gasteiger partial charge in [0.25, 0.3) is 12.1 Å². The van der Waals surface area contributed by atoms with E-state index in [2.05, 4.69) is 0 Å². The molecule has 1 atom stereocenters. The third kappa shape index (κ3) is 1.88. The molecule has 0 aliphatic carbocycles. The largest absolute Gasteiger partial charge is 0.388 e. The zero-order chi connectivity index (χ0) is 7.65. The molecule has 9 heavy (non-hydrogen) atoms. The Morgan fingerprint density at radius 2 is 1.67 bits per heavy atom. The van der Waals surface area contributed by atoms with E-state index in [1.807, 2.05) is 0 Å². The lowest BCUT2D eigenvalue weighted by molar-refractivity contribution is -0.269. The Bertz CT molecular complexity index is 77.0. The van der Waals surface area contributed by atoms with Crippen LogP contribution in [0.2, 0.25) is 0 Å². The van der Waals surface area contributed by atoms with E-state index in [1.54, 1.807) is 0 Å². The Labute approximate surface area is 51.8 Å². The Hall–Kier alpha value is -0.200. The van der Waals surface area contributed by atoms with Crippen LogP contribution in [-0.4, -0.2) is 37.4 Å². The maximum absolute atomic E-state index is 8.44. The molecule has 1 radical (unpaired) electrons. The second kappa shape index (κ2) is 2.59. The molecule has 0 aromatic heterocycles. The second-order valence-electron chi connectivity index (χ2n) is 1.73. The summed E-state index contributed by atoms with van der Waals surface area (Å²) in [6.07, 6.45) is -3.25. The summed E-state index contributed by atoms with van der Waals surface area (Å²) in [5.41, 5.74) is 0. The Kier molecular flexibility index (Phi) is 2.53. The van der Waals surface area contributed by atoms with E-state index in [0.29, 0.717) is 0 Å². The van der Waals surface area contributed by atoms with Gasteiger partial charge in [0.15, 0.2) is 0 Å². The van der Waals surface area contributed by atoms with E-state index in [-0.39, 0.29) is 0 Å². The van der Waals surface area contributed by atoms with Crippen LogP contribution in [0.3, 0.4) is 0 Å². The van der Waals surface area contributed by atoms with Crippen LogP contribution >= 0.6 is 0 Å². The molecule has 0 bridgehead atoms. The first-order valence-electron chi connectivity index (χ1n) is 2.27. The zero-order valence-corrected chi connectivity index (χ0v) is 4.81. The van der Waals surface area contributed by atoms with Crippen LogP contribution in [0.15, 0.2) is 0 Å². The third-order valence-corrected chi connectivity index (χ3v) is 0.912. The molecule has 0 amide bonds. The summed E-state index contributed by atoms with van der Waals surface area (Å²) < 4.78 is 0. The van der Waals surface area contributed by atoms with Crippen molar-refractivity contribution in [2.24, 2.45) is 0 Å². The second-order valence-corrected chi connectivity index (χ2v) is 1.73. The molecular formula is C4H9O5. The van der Waals surface area contributed by atoms with Crippen LogP contribution < -0.4 is 0 Å². The van der Waals surface area contributed by atoms with Crippen LogP contribution in [0.1, 0.15) is 6.92 Å². The number of aliphatic hydroxyl groups is 5. The molecule has 0 saturated heterocycles. The highest BCUT2D eigenvalue weighted by atomic mass is 16.6. The van der Waals surface area contributed by atoms with Crippen molar-refractivity contribution in [3.8, 4) is 0 Å². The van der Waals surface area contributed by atoms with Crippen molar-refractivity contribution in [2.45, 2.75) is 18.8 Å². The predicted molar refractivity (Wildman–Crippen MR) is 26.0 cm³/mol. The lowest BCUT2D eigenvalue weighted by Crippen LogP contribution is -2.46. The van der Waals surface area contributed by atoms with Crippen molar-refractivity contribution in [1.82, 2.24) is 0 Å². The summed E-state index contributed by atoms with van der Waals surface area (Å²) >= 11 is 0. The van der Waals surface area contributed by atoms with Crippen LogP contribution in [-0.2, 0) is 0 Å². The predicted octanol–water partition coefficient (Wildman–Crippen LogP) is -1.72. The molecule has 0 rings (SSSR count).